The minimum absolute atomic E-state index is 0.0154. The number of aryl methyl sites for hydroxylation is 3. The SMILES string of the molecule is CC(=O)N1CCc2c(c(N3CCCc4cc(-c5cnn(C)c5)c(C(F)F)cc43)nn2C2CCN(C(=O)CCCCCCNc3cccc4nc(C)n(C5CCC(=O)NC5=O)c(=O)c34)CC2)C1. The number of imide groups is 1. The highest BCUT2D eigenvalue weighted by Crippen LogP contribution is 2.44. The van der Waals surface area contributed by atoms with E-state index in [0.29, 0.717) is 85.7 Å². The standard InChI is InChI=1S/C48H57F2N11O5/c1-29-53-38-12-8-11-37(44(38)48(66)60(29)40-14-15-42(63)54-47(40)65)51-19-7-5-4-6-13-43(64)57-21-16-33(17-22-57)61-39-18-23-58(30(2)62)28-36(39)46(55-61)59-20-9-10-31-24-34(32-26-52-56(3)27-32)35(45(49)50)25-41(31)59/h8,11-12,24-27,33,40,45,51H,4-7,9-10,13-23,28H2,1-3H3,(H,54,63,65). The maximum absolute atomic E-state index is 14.7. The lowest BCUT2D eigenvalue weighted by Gasteiger charge is -2.34. The van der Waals surface area contributed by atoms with Crippen LogP contribution in [0.2, 0.25) is 0 Å². The van der Waals surface area contributed by atoms with Gasteiger partial charge in [0, 0.05) is 106 Å². The normalized spacial score (nSPS) is 17.9. The van der Waals surface area contributed by atoms with E-state index in [1.807, 2.05) is 28.0 Å². The van der Waals surface area contributed by atoms with Crippen molar-refractivity contribution in [3.05, 3.63) is 81.3 Å². The Kier molecular flexibility index (Phi) is 12.7. The molecule has 16 nitrogen and oxygen atoms in total. The molecule has 1 atom stereocenters. The molecule has 0 spiro atoms. The van der Waals surface area contributed by atoms with Gasteiger partial charge in [0.2, 0.25) is 23.6 Å². The van der Waals surface area contributed by atoms with Crippen molar-refractivity contribution in [2.24, 2.45) is 7.05 Å². The molecule has 2 fully saturated rings. The van der Waals surface area contributed by atoms with Crippen LogP contribution in [0.1, 0.15) is 118 Å². The maximum Gasteiger partial charge on any atom is 0.264 e. The monoisotopic (exact) mass is 905 g/mol. The third-order valence-corrected chi connectivity index (χ3v) is 13.8. The minimum Gasteiger partial charge on any atom is -0.384 e. The molecule has 2 aromatic carbocycles. The minimum atomic E-state index is -2.69. The van der Waals surface area contributed by atoms with Crippen LogP contribution in [0.4, 0.5) is 26.0 Å². The second-order valence-corrected chi connectivity index (χ2v) is 18.1. The third-order valence-electron chi connectivity index (χ3n) is 13.8. The predicted octanol–water partition coefficient (Wildman–Crippen LogP) is 6.43. The fraction of sp³-hybridized carbons (Fsp3) is 0.500. The number of hydrogen-bond donors (Lipinski definition) is 2. The van der Waals surface area contributed by atoms with Gasteiger partial charge in [0.1, 0.15) is 11.9 Å². The van der Waals surface area contributed by atoms with Crippen molar-refractivity contribution in [3.63, 3.8) is 0 Å². The number of alkyl halides is 2. The molecule has 7 heterocycles. The summed E-state index contributed by atoms with van der Waals surface area (Å²) in [7, 11) is 1.77. The molecule has 9 rings (SSSR count). The van der Waals surface area contributed by atoms with Gasteiger partial charge in [-0.05, 0) is 87.3 Å². The number of benzene rings is 2. The summed E-state index contributed by atoms with van der Waals surface area (Å²) in [6, 6.07) is 8.22. The van der Waals surface area contributed by atoms with Gasteiger partial charge < -0.3 is 20.0 Å². The van der Waals surface area contributed by atoms with E-state index >= 15 is 0 Å². The molecule has 18 heteroatoms. The number of fused-ring (bicyclic) bond motifs is 3. The number of hydrogen-bond acceptors (Lipinski definition) is 10. The van der Waals surface area contributed by atoms with Gasteiger partial charge in [0.05, 0.1) is 29.7 Å². The van der Waals surface area contributed by atoms with Crippen LogP contribution >= 0.6 is 0 Å². The number of anilines is 3. The highest BCUT2D eigenvalue weighted by Gasteiger charge is 2.36. The Hall–Kier alpha value is -6.46. The van der Waals surface area contributed by atoms with Crippen molar-refractivity contribution in [1.82, 2.24) is 44.2 Å². The van der Waals surface area contributed by atoms with Crippen LogP contribution in [0.5, 0.6) is 0 Å². The second kappa shape index (κ2) is 18.8. The van der Waals surface area contributed by atoms with Crippen LogP contribution < -0.4 is 21.1 Å². The molecule has 2 saturated heterocycles. The zero-order valence-electron chi connectivity index (χ0n) is 37.8. The summed E-state index contributed by atoms with van der Waals surface area (Å²) in [6.07, 6.45) is 8.63. The summed E-state index contributed by atoms with van der Waals surface area (Å²) in [4.78, 5) is 74.7. The lowest BCUT2D eigenvalue weighted by molar-refractivity contribution is -0.136. The van der Waals surface area contributed by atoms with Crippen molar-refractivity contribution in [3.8, 4) is 11.1 Å². The van der Waals surface area contributed by atoms with Crippen LogP contribution in [0.15, 0.2) is 47.5 Å². The van der Waals surface area contributed by atoms with Gasteiger partial charge in [0.25, 0.3) is 12.0 Å². The Morgan fingerprint density at radius 1 is 0.955 bits per heavy atom. The molecule has 2 N–H and O–H groups in total. The number of halogens is 2. The van der Waals surface area contributed by atoms with Gasteiger partial charge in [-0.2, -0.15) is 10.2 Å². The number of carbonyl (C=O) groups excluding carboxylic acids is 4. The topological polar surface area (TPSA) is 173 Å². The third kappa shape index (κ3) is 8.80. The molecule has 4 aliphatic heterocycles. The first-order valence-electron chi connectivity index (χ1n) is 23.3. The Morgan fingerprint density at radius 2 is 1.76 bits per heavy atom. The molecule has 1 unspecified atom stereocenters. The van der Waals surface area contributed by atoms with E-state index in [1.54, 1.807) is 50.1 Å². The van der Waals surface area contributed by atoms with Crippen molar-refractivity contribution in [1.29, 1.82) is 0 Å². The summed E-state index contributed by atoms with van der Waals surface area (Å²) >= 11 is 0. The van der Waals surface area contributed by atoms with E-state index in [0.717, 1.165) is 79.7 Å². The predicted molar refractivity (Wildman–Crippen MR) is 245 cm³/mol. The van der Waals surface area contributed by atoms with Gasteiger partial charge in [0.15, 0.2) is 5.82 Å². The molecule has 5 aromatic rings. The van der Waals surface area contributed by atoms with E-state index in [-0.39, 0.29) is 47.7 Å². The lowest BCUT2D eigenvalue weighted by atomic mass is 9.92. The Bertz CT molecular complexity index is 2750. The molecular weight excluding hydrogens is 849 g/mol. The second-order valence-electron chi connectivity index (χ2n) is 18.1. The molecule has 0 saturated carbocycles. The zero-order chi connectivity index (χ0) is 46.2. The zero-order valence-corrected chi connectivity index (χ0v) is 37.8. The van der Waals surface area contributed by atoms with Crippen LogP contribution in [0, 0.1) is 6.92 Å². The van der Waals surface area contributed by atoms with Crippen molar-refractivity contribution in [2.75, 3.05) is 42.9 Å². The van der Waals surface area contributed by atoms with E-state index < -0.39 is 18.4 Å². The number of unbranched alkanes of at least 4 members (excludes halogenated alkanes) is 3. The largest absolute Gasteiger partial charge is 0.384 e. The van der Waals surface area contributed by atoms with Gasteiger partial charge in [-0.1, -0.05) is 18.9 Å². The molecule has 0 bridgehead atoms. The number of piperidine rings is 2. The van der Waals surface area contributed by atoms with E-state index in [2.05, 4.69) is 30.3 Å². The smallest absolute Gasteiger partial charge is 0.264 e. The summed E-state index contributed by atoms with van der Waals surface area (Å²) in [5.41, 5.74) is 5.70. The van der Waals surface area contributed by atoms with Crippen LogP contribution in [0.25, 0.3) is 22.0 Å². The number of rotatable bonds is 13. The quantitative estimate of drug-likeness (QED) is 0.0991. The first-order valence-corrected chi connectivity index (χ1v) is 23.3. The number of likely N-dealkylation sites (tertiary alicyclic amines) is 1. The maximum atomic E-state index is 14.7. The highest BCUT2D eigenvalue weighted by molar-refractivity contribution is 6.00. The molecular formula is C48H57F2N11O5. The Balaban J connectivity index is 0.806. The van der Waals surface area contributed by atoms with Gasteiger partial charge in [-0.15, -0.1) is 0 Å². The van der Waals surface area contributed by atoms with Gasteiger partial charge in [-0.3, -0.25) is 43.2 Å². The molecule has 0 radical (unpaired) electrons. The van der Waals surface area contributed by atoms with Crippen molar-refractivity contribution >= 4 is 51.7 Å². The summed E-state index contributed by atoms with van der Waals surface area (Å²) < 4.78 is 34.6. The fourth-order valence-corrected chi connectivity index (χ4v) is 10.4. The molecule has 4 amide bonds. The van der Waals surface area contributed by atoms with Crippen molar-refractivity contribution in [2.45, 2.75) is 116 Å². The van der Waals surface area contributed by atoms with Crippen LogP contribution in [-0.4, -0.2) is 95.3 Å². The fourth-order valence-electron chi connectivity index (χ4n) is 10.4. The summed E-state index contributed by atoms with van der Waals surface area (Å²) in [6.45, 7) is 6.72. The average Bonchev–Trinajstić information content (AvgIpc) is 3.91. The molecule has 4 aliphatic rings. The van der Waals surface area contributed by atoms with Gasteiger partial charge >= 0.3 is 0 Å². The number of nitrogens with zero attached hydrogens (tertiary/aromatic N) is 9. The summed E-state index contributed by atoms with van der Waals surface area (Å²) in [5, 5.41) is 15.6. The van der Waals surface area contributed by atoms with E-state index in [9.17, 15) is 32.8 Å². The number of nitrogens with one attached hydrogen (secondary N) is 2. The molecule has 348 valence electrons. The average molecular weight is 906 g/mol. The molecule has 66 heavy (non-hydrogen) atoms. The first-order chi connectivity index (χ1) is 31.9. The Morgan fingerprint density at radius 3 is 2.50 bits per heavy atom. The summed E-state index contributed by atoms with van der Waals surface area (Å²) in [5.74, 6) is 0.423. The molecule has 3 aromatic heterocycles. The van der Waals surface area contributed by atoms with Crippen LogP contribution in [-0.2, 0) is 45.6 Å². The first kappa shape index (κ1) is 44.7. The number of aromatic nitrogens is 6. The lowest BCUT2D eigenvalue weighted by Crippen LogP contribution is -2.45. The van der Waals surface area contributed by atoms with Crippen LogP contribution in [0.3, 0.4) is 0 Å². The van der Waals surface area contributed by atoms with Crippen molar-refractivity contribution < 1.29 is 28.0 Å². The number of carbonyl (C=O) groups is 4. The van der Waals surface area contributed by atoms with E-state index in [4.69, 9.17) is 5.10 Å². The van der Waals surface area contributed by atoms with Gasteiger partial charge in [-0.25, -0.2) is 13.8 Å². The molecule has 0 aliphatic carbocycles. The van der Waals surface area contributed by atoms with E-state index in [1.165, 1.54) is 4.57 Å². The highest BCUT2D eigenvalue weighted by atomic mass is 19.3. The number of amides is 4. The Labute approximate surface area is 381 Å².